The van der Waals surface area contributed by atoms with Gasteiger partial charge < -0.3 is 35.1 Å². The van der Waals surface area contributed by atoms with E-state index in [0.29, 0.717) is 19.8 Å². The number of halogens is 2. The number of nitrogens with one attached hydrogen (secondary N) is 3. The third-order valence-corrected chi connectivity index (χ3v) is 14.4. The molecule has 378 valence electrons. The fourth-order valence-electron chi connectivity index (χ4n) is 9.87. The van der Waals surface area contributed by atoms with Crippen LogP contribution >= 0.6 is 11.3 Å². The fourth-order valence-corrected chi connectivity index (χ4v) is 10.7. The number of benzene rings is 3. The number of aliphatic hydroxyl groups is 1. The summed E-state index contributed by atoms with van der Waals surface area (Å²) in [6, 6.07) is 16.2. The van der Waals surface area contributed by atoms with Crippen LogP contribution in [0.4, 0.5) is 8.78 Å². The first-order chi connectivity index (χ1) is 33.3. The number of hydrogen-bond donors (Lipinski definition) is 4. The van der Waals surface area contributed by atoms with Crippen molar-refractivity contribution in [3.8, 4) is 16.2 Å². The lowest BCUT2D eigenvalue weighted by atomic mass is 9.85. The van der Waals surface area contributed by atoms with E-state index in [4.69, 9.17) is 9.47 Å². The third kappa shape index (κ3) is 13.0. The normalized spacial score (nSPS) is 19.0. The number of thiazole rings is 1. The van der Waals surface area contributed by atoms with Gasteiger partial charge in [0.2, 0.25) is 17.7 Å². The summed E-state index contributed by atoms with van der Waals surface area (Å²) in [6.45, 7) is 17.5. The van der Waals surface area contributed by atoms with Gasteiger partial charge in [0.1, 0.15) is 36.1 Å². The number of carbonyl (C=O) groups excluding carboxylic acids is 3. The molecule has 1 saturated heterocycles. The molecule has 5 atom stereocenters. The highest BCUT2D eigenvalue weighted by Gasteiger charge is 2.45. The van der Waals surface area contributed by atoms with Crippen LogP contribution < -0.4 is 15.4 Å². The van der Waals surface area contributed by atoms with Crippen LogP contribution in [-0.2, 0) is 32.1 Å². The Balaban J connectivity index is 0.808. The second-order valence-electron chi connectivity index (χ2n) is 21.5. The lowest BCUT2D eigenvalue weighted by Crippen LogP contribution is -2.58. The van der Waals surface area contributed by atoms with E-state index in [-0.39, 0.29) is 54.8 Å². The second kappa shape index (κ2) is 22.9. The van der Waals surface area contributed by atoms with Gasteiger partial charge in [-0.15, -0.1) is 11.3 Å². The zero-order valence-electron chi connectivity index (χ0n) is 42.1. The van der Waals surface area contributed by atoms with E-state index in [1.165, 1.54) is 17.0 Å². The van der Waals surface area contributed by atoms with E-state index in [1.807, 2.05) is 75.7 Å². The van der Waals surface area contributed by atoms with E-state index in [9.17, 15) is 19.5 Å². The number of unbranched alkanes of at least 4 members (excludes halogenated alkanes) is 5. The summed E-state index contributed by atoms with van der Waals surface area (Å²) in [6.07, 6.45) is 5.19. The Bertz CT molecular complexity index is 2560. The molecule has 3 amide bonds. The van der Waals surface area contributed by atoms with Gasteiger partial charge >= 0.3 is 0 Å². The number of rotatable bonds is 20. The zero-order chi connectivity index (χ0) is 50.3. The van der Waals surface area contributed by atoms with Crippen molar-refractivity contribution in [3.63, 3.8) is 0 Å². The van der Waals surface area contributed by atoms with Gasteiger partial charge in [-0.3, -0.25) is 19.3 Å². The predicted octanol–water partition coefficient (Wildman–Crippen LogP) is 9.81. The van der Waals surface area contributed by atoms with Gasteiger partial charge in [-0.1, -0.05) is 110 Å². The van der Waals surface area contributed by atoms with Gasteiger partial charge in [-0.2, -0.15) is 0 Å². The van der Waals surface area contributed by atoms with E-state index >= 15 is 8.78 Å². The van der Waals surface area contributed by atoms with Crippen LogP contribution in [0.3, 0.4) is 0 Å². The van der Waals surface area contributed by atoms with Crippen molar-refractivity contribution in [2.45, 2.75) is 144 Å². The summed E-state index contributed by atoms with van der Waals surface area (Å²) in [5, 5.41) is 17.4. The lowest BCUT2D eigenvalue weighted by molar-refractivity contribution is -0.144. The number of nitrogens with zero attached hydrogens (tertiary/aromatic N) is 3. The number of likely N-dealkylation sites (tertiary alicyclic amines) is 1. The van der Waals surface area contributed by atoms with Crippen molar-refractivity contribution >= 4 is 40.0 Å². The fraction of sp³-hybridized carbons (Fsp3) is 0.527. The molecule has 4 heterocycles. The standard InChI is InChI=1S/C55H72F2N6O6S/c1-34-25-41-40-17-13-14-18-44(40)60-48(41)49(63(34)32-54(3,4)5)47-42(56)27-39(28-43(47)57)69-24-16-12-10-9-11-15-23-68-31-46(65)61-51(55(6,7)8)53(67)62-30-38(64)26-45(62)52(66)58-29-36-19-21-37(22-20-36)50-35(2)59-33-70-50/h13-14,17-22,27-28,33-34,38,45,49,51,60,64H,9-12,15-16,23-26,29-32H2,1-8H3,(H,58,66)(H,61,65)/t34-,38-,45+,49-,51-/m1/s1. The molecule has 70 heavy (non-hydrogen) atoms. The van der Waals surface area contributed by atoms with E-state index in [2.05, 4.69) is 59.3 Å². The number of ether oxygens (including phenoxy) is 2. The van der Waals surface area contributed by atoms with Gasteiger partial charge in [-0.25, -0.2) is 13.8 Å². The maximum Gasteiger partial charge on any atom is 0.246 e. The van der Waals surface area contributed by atoms with E-state index in [1.54, 1.807) is 11.3 Å². The van der Waals surface area contributed by atoms with Gasteiger partial charge in [0.25, 0.3) is 0 Å². The summed E-state index contributed by atoms with van der Waals surface area (Å²) < 4.78 is 43.9. The van der Waals surface area contributed by atoms with Crippen LogP contribution in [0.15, 0.2) is 66.2 Å². The van der Waals surface area contributed by atoms with Gasteiger partial charge in [0.15, 0.2) is 0 Å². The molecule has 0 unspecified atom stereocenters. The number of aromatic nitrogens is 2. The van der Waals surface area contributed by atoms with Crippen LogP contribution in [0, 0.1) is 29.4 Å². The SMILES string of the molecule is Cc1ncsc1-c1ccc(CNC(=O)[C@@H]2C[C@@H](O)CN2C(=O)[C@@H](NC(=O)COCCCCCCCCOc2cc(F)c([C@@H]3c4[nH]c5ccccc5c4C[C@@H](C)N3CC(C)(C)C)c(F)c2)C(C)(C)C)cc1. The second-order valence-corrected chi connectivity index (χ2v) is 22.4. The molecule has 0 radical (unpaired) electrons. The lowest BCUT2D eigenvalue weighted by Gasteiger charge is -2.44. The maximum absolute atomic E-state index is 16.1. The molecule has 15 heteroatoms. The number of aromatic amines is 1. The van der Waals surface area contributed by atoms with Gasteiger partial charge in [0.05, 0.1) is 34.8 Å². The molecule has 1 fully saturated rings. The van der Waals surface area contributed by atoms with Crippen LogP contribution in [0.1, 0.15) is 128 Å². The smallest absolute Gasteiger partial charge is 0.246 e. The highest BCUT2D eigenvalue weighted by molar-refractivity contribution is 7.13. The summed E-state index contributed by atoms with van der Waals surface area (Å²) >= 11 is 1.57. The number of amides is 3. The maximum atomic E-state index is 16.1. The molecule has 0 saturated carbocycles. The topological polar surface area (TPSA) is 149 Å². The van der Waals surface area contributed by atoms with Crippen molar-refractivity contribution in [2.24, 2.45) is 10.8 Å². The monoisotopic (exact) mass is 983 g/mol. The average molecular weight is 983 g/mol. The van der Waals surface area contributed by atoms with E-state index < -0.39 is 53.1 Å². The Morgan fingerprint density at radius 2 is 1.61 bits per heavy atom. The highest BCUT2D eigenvalue weighted by Crippen LogP contribution is 2.44. The van der Waals surface area contributed by atoms with Crippen LogP contribution in [0.2, 0.25) is 0 Å². The minimum Gasteiger partial charge on any atom is -0.493 e. The van der Waals surface area contributed by atoms with Crippen molar-refractivity contribution in [2.75, 3.05) is 32.9 Å². The Labute approximate surface area is 415 Å². The minimum atomic E-state index is -0.947. The molecule has 0 spiro atoms. The molecule has 4 N–H and O–H groups in total. The third-order valence-electron chi connectivity index (χ3n) is 13.4. The van der Waals surface area contributed by atoms with Gasteiger partial charge in [-0.05, 0) is 66.7 Å². The highest BCUT2D eigenvalue weighted by atomic mass is 32.1. The summed E-state index contributed by atoms with van der Waals surface area (Å²) in [4.78, 5) is 53.1. The number of fused-ring (bicyclic) bond motifs is 3. The number of aryl methyl sites for hydroxylation is 1. The Morgan fingerprint density at radius 1 is 0.943 bits per heavy atom. The van der Waals surface area contributed by atoms with Crippen LogP contribution in [-0.4, -0.2) is 99.7 Å². The Morgan fingerprint density at radius 3 is 2.27 bits per heavy atom. The first-order valence-corrected chi connectivity index (χ1v) is 25.8. The molecular weight excluding hydrogens is 911 g/mol. The number of carbonyl (C=O) groups is 3. The molecule has 5 aromatic rings. The largest absolute Gasteiger partial charge is 0.493 e. The molecule has 3 aromatic carbocycles. The number of aliphatic hydroxyl groups excluding tert-OH is 1. The molecule has 7 rings (SSSR count). The Kier molecular flexibility index (Phi) is 17.2. The van der Waals surface area contributed by atoms with E-state index in [0.717, 1.165) is 88.8 Å². The predicted molar refractivity (Wildman–Crippen MR) is 271 cm³/mol. The van der Waals surface area contributed by atoms with Crippen molar-refractivity contribution in [3.05, 3.63) is 106 Å². The van der Waals surface area contributed by atoms with Crippen molar-refractivity contribution in [1.29, 1.82) is 0 Å². The number of para-hydroxylation sites is 1. The summed E-state index contributed by atoms with van der Waals surface area (Å²) in [5.74, 6) is -2.28. The van der Waals surface area contributed by atoms with Gasteiger partial charge in [0, 0.05) is 73.0 Å². The first-order valence-electron chi connectivity index (χ1n) is 24.9. The molecule has 12 nitrogen and oxygen atoms in total. The molecule has 2 aliphatic rings. The van der Waals surface area contributed by atoms with Crippen molar-refractivity contribution < 1.29 is 37.7 Å². The Hall–Kier alpha value is -5.22. The van der Waals surface area contributed by atoms with Crippen LogP contribution in [0.25, 0.3) is 21.3 Å². The minimum absolute atomic E-state index is 0.00911. The molecular formula is C55H72F2N6O6S. The van der Waals surface area contributed by atoms with Crippen molar-refractivity contribution in [1.82, 2.24) is 30.4 Å². The number of hydrogen-bond acceptors (Lipinski definition) is 9. The number of H-pyrrole nitrogens is 1. The molecule has 0 bridgehead atoms. The molecule has 0 aliphatic carbocycles. The first kappa shape index (κ1) is 52.6. The zero-order valence-corrected chi connectivity index (χ0v) is 42.9. The summed E-state index contributed by atoms with van der Waals surface area (Å²) in [5.41, 5.74) is 6.92. The quantitative estimate of drug-likeness (QED) is 0.0564. The molecule has 2 aromatic heterocycles. The average Bonchev–Trinajstić information content (AvgIpc) is 4.02. The summed E-state index contributed by atoms with van der Waals surface area (Å²) in [7, 11) is 0. The number of β-amino-alcohol motifs (C(OH)–C–C–N with tert-alkyl or cyclic N) is 1. The van der Waals surface area contributed by atoms with Crippen LogP contribution in [0.5, 0.6) is 5.75 Å². The molecule has 2 aliphatic heterocycles.